The fourth-order valence-electron chi connectivity index (χ4n) is 2.63. The fraction of sp³-hybridized carbons (Fsp3) is 0.667. The molecule has 80 valence electrons. The molecule has 1 fully saturated rings. The fourth-order valence-corrected chi connectivity index (χ4v) is 2.63. The van der Waals surface area contributed by atoms with Crippen molar-refractivity contribution in [2.75, 3.05) is 6.61 Å². The van der Waals surface area contributed by atoms with Crippen molar-refractivity contribution in [1.29, 1.82) is 5.26 Å². The Balaban J connectivity index is 2.43. The number of ketones is 1. The molecule has 2 aliphatic rings. The monoisotopic (exact) mass is 205 g/mol. The largest absolute Gasteiger partial charge is 0.371 e. The minimum Gasteiger partial charge on any atom is -0.371 e. The number of ether oxygens (including phenoxy) is 1. The molecule has 1 unspecified atom stereocenters. The van der Waals surface area contributed by atoms with Gasteiger partial charge in [-0.25, -0.2) is 0 Å². The van der Waals surface area contributed by atoms with Crippen LogP contribution in [0.2, 0.25) is 0 Å². The van der Waals surface area contributed by atoms with Crippen molar-refractivity contribution in [3.8, 4) is 6.07 Å². The molecule has 3 nitrogen and oxygen atoms in total. The lowest BCUT2D eigenvalue weighted by Gasteiger charge is -2.37. The average Bonchev–Trinajstić information content (AvgIpc) is 2.59. The standard InChI is InChI=1S/C12H15NO2/c1-11(2)8-12(4-3-5-15-12)6-9(7-13)10(11)14/h6H,3-5,8H2,1-2H3. The van der Waals surface area contributed by atoms with Crippen LogP contribution < -0.4 is 0 Å². The van der Waals surface area contributed by atoms with Crippen molar-refractivity contribution in [3.05, 3.63) is 11.6 Å². The zero-order chi connectivity index (χ0) is 11.1. The first-order valence-electron chi connectivity index (χ1n) is 5.31. The molecular formula is C12H15NO2. The summed E-state index contributed by atoms with van der Waals surface area (Å²) in [5.74, 6) is -0.0499. The number of nitrogens with zero attached hydrogens (tertiary/aromatic N) is 1. The molecule has 0 aromatic heterocycles. The van der Waals surface area contributed by atoms with E-state index in [1.165, 1.54) is 0 Å². The molecule has 1 spiro atoms. The van der Waals surface area contributed by atoms with Gasteiger partial charge in [-0.05, 0) is 25.3 Å². The highest BCUT2D eigenvalue weighted by atomic mass is 16.5. The van der Waals surface area contributed by atoms with E-state index in [2.05, 4.69) is 0 Å². The topological polar surface area (TPSA) is 50.1 Å². The van der Waals surface area contributed by atoms with Gasteiger partial charge in [-0.15, -0.1) is 0 Å². The number of carbonyl (C=O) groups is 1. The van der Waals surface area contributed by atoms with E-state index < -0.39 is 5.41 Å². The van der Waals surface area contributed by atoms with Gasteiger partial charge < -0.3 is 4.74 Å². The van der Waals surface area contributed by atoms with Gasteiger partial charge in [-0.2, -0.15) is 5.26 Å². The maximum absolute atomic E-state index is 11.9. The third-order valence-corrected chi connectivity index (χ3v) is 3.26. The number of hydrogen-bond donors (Lipinski definition) is 0. The van der Waals surface area contributed by atoms with Crippen molar-refractivity contribution in [2.24, 2.45) is 5.41 Å². The number of carbonyl (C=O) groups excluding carboxylic acids is 1. The predicted molar refractivity (Wildman–Crippen MR) is 55.0 cm³/mol. The number of allylic oxidation sites excluding steroid dienone is 1. The molecule has 2 rings (SSSR count). The van der Waals surface area contributed by atoms with Crippen LogP contribution in [0, 0.1) is 16.7 Å². The van der Waals surface area contributed by atoms with Crippen LogP contribution >= 0.6 is 0 Å². The molecule has 1 aliphatic heterocycles. The predicted octanol–water partition coefficient (Wildman–Crippen LogP) is 1.98. The number of rotatable bonds is 0. The summed E-state index contributed by atoms with van der Waals surface area (Å²) >= 11 is 0. The minimum atomic E-state index is -0.468. The Labute approximate surface area is 89.7 Å². The van der Waals surface area contributed by atoms with Crippen LogP contribution in [0.4, 0.5) is 0 Å². The molecular weight excluding hydrogens is 190 g/mol. The molecule has 0 amide bonds. The number of nitriles is 1. The number of Topliss-reactive ketones (excluding diaryl/α,β-unsaturated/α-hetero) is 1. The van der Waals surface area contributed by atoms with E-state index in [9.17, 15) is 4.79 Å². The molecule has 0 radical (unpaired) electrons. The SMILES string of the molecule is CC1(C)CC2(C=C(C#N)C1=O)CCCO2. The second kappa shape index (κ2) is 3.18. The Bertz CT molecular complexity index is 368. The summed E-state index contributed by atoms with van der Waals surface area (Å²) < 4.78 is 5.72. The maximum atomic E-state index is 11.9. The first-order valence-corrected chi connectivity index (χ1v) is 5.31. The molecule has 0 aromatic carbocycles. The third-order valence-electron chi connectivity index (χ3n) is 3.26. The maximum Gasteiger partial charge on any atom is 0.178 e. The summed E-state index contributed by atoms with van der Waals surface area (Å²) in [7, 11) is 0. The van der Waals surface area contributed by atoms with E-state index in [0.29, 0.717) is 6.42 Å². The second-order valence-electron chi connectivity index (χ2n) is 5.08. The second-order valence-corrected chi connectivity index (χ2v) is 5.08. The summed E-state index contributed by atoms with van der Waals surface area (Å²) in [5.41, 5.74) is -0.541. The van der Waals surface area contributed by atoms with Crippen LogP contribution in [0.1, 0.15) is 33.1 Å². The molecule has 1 heterocycles. The van der Waals surface area contributed by atoms with E-state index in [1.54, 1.807) is 6.08 Å². The molecule has 1 atom stereocenters. The quantitative estimate of drug-likeness (QED) is 0.607. The van der Waals surface area contributed by atoms with E-state index in [4.69, 9.17) is 10.00 Å². The van der Waals surface area contributed by atoms with Gasteiger partial charge in [-0.3, -0.25) is 4.79 Å². The van der Waals surface area contributed by atoms with Crippen molar-refractivity contribution < 1.29 is 9.53 Å². The summed E-state index contributed by atoms with van der Waals surface area (Å²) in [4.78, 5) is 11.9. The zero-order valence-corrected chi connectivity index (χ0v) is 9.17. The molecule has 0 aromatic rings. The van der Waals surface area contributed by atoms with E-state index in [0.717, 1.165) is 19.4 Å². The van der Waals surface area contributed by atoms with E-state index >= 15 is 0 Å². The van der Waals surface area contributed by atoms with Crippen molar-refractivity contribution in [2.45, 2.75) is 38.7 Å². The molecule has 3 heteroatoms. The van der Waals surface area contributed by atoms with Crippen LogP contribution in [0.25, 0.3) is 0 Å². The van der Waals surface area contributed by atoms with Crippen molar-refractivity contribution >= 4 is 5.78 Å². The lowest BCUT2D eigenvalue weighted by molar-refractivity contribution is -0.127. The lowest BCUT2D eigenvalue weighted by atomic mass is 9.69. The normalized spacial score (nSPS) is 33.9. The lowest BCUT2D eigenvalue weighted by Crippen LogP contribution is -2.42. The first-order chi connectivity index (χ1) is 6.99. The molecule has 15 heavy (non-hydrogen) atoms. The highest BCUT2D eigenvalue weighted by Crippen LogP contribution is 2.44. The Hall–Kier alpha value is -1.14. The molecule has 0 N–H and O–H groups in total. The summed E-state index contributed by atoms with van der Waals surface area (Å²) in [6.45, 7) is 4.52. The van der Waals surface area contributed by atoms with E-state index in [1.807, 2.05) is 19.9 Å². The highest BCUT2D eigenvalue weighted by molar-refractivity contribution is 6.03. The summed E-state index contributed by atoms with van der Waals surface area (Å²) in [6, 6.07) is 1.99. The van der Waals surface area contributed by atoms with Gasteiger partial charge in [0.2, 0.25) is 0 Å². The van der Waals surface area contributed by atoms with Crippen LogP contribution in [0.3, 0.4) is 0 Å². The highest BCUT2D eigenvalue weighted by Gasteiger charge is 2.47. The molecule has 1 saturated heterocycles. The van der Waals surface area contributed by atoms with Crippen molar-refractivity contribution in [3.63, 3.8) is 0 Å². The number of hydrogen-bond acceptors (Lipinski definition) is 3. The van der Waals surface area contributed by atoms with Gasteiger partial charge >= 0.3 is 0 Å². The smallest absolute Gasteiger partial charge is 0.178 e. The third kappa shape index (κ3) is 1.59. The Morgan fingerprint density at radius 2 is 2.27 bits per heavy atom. The molecule has 0 saturated carbocycles. The van der Waals surface area contributed by atoms with E-state index in [-0.39, 0.29) is 17.0 Å². The summed E-state index contributed by atoms with van der Waals surface area (Å²) in [5, 5.41) is 8.94. The van der Waals surface area contributed by atoms with Crippen LogP contribution in [-0.2, 0) is 9.53 Å². The zero-order valence-electron chi connectivity index (χ0n) is 9.17. The van der Waals surface area contributed by atoms with Gasteiger partial charge in [0, 0.05) is 12.0 Å². The van der Waals surface area contributed by atoms with Crippen LogP contribution in [-0.4, -0.2) is 18.0 Å². The van der Waals surface area contributed by atoms with Gasteiger partial charge in [0.25, 0.3) is 0 Å². The first kappa shape index (κ1) is 10.4. The molecule has 1 aliphatic carbocycles. The Morgan fingerprint density at radius 3 is 2.80 bits per heavy atom. The Morgan fingerprint density at radius 1 is 1.53 bits per heavy atom. The van der Waals surface area contributed by atoms with Gasteiger partial charge in [0.1, 0.15) is 6.07 Å². The minimum absolute atomic E-state index is 0.0499. The van der Waals surface area contributed by atoms with Crippen molar-refractivity contribution in [1.82, 2.24) is 0 Å². The van der Waals surface area contributed by atoms with Gasteiger partial charge in [0.05, 0.1) is 11.2 Å². The van der Waals surface area contributed by atoms with Crippen LogP contribution in [0.15, 0.2) is 11.6 Å². The molecule has 0 bridgehead atoms. The Kier molecular flexibility index (Phi) is 2.20. The average molecular weight is 205 g/mol. The van der Waals surface area contributed by atoms with Gasteiger partial charge in [-0.1, -0.05) is 13.8 Å². The summed E-state index contributed by atoms with van der Waals surface area (Å²) in [6.07, 6.45) is 4.38. The van der Waals surface area contributed by atoms with Gasteiger partial charge in [0.15, 0.2) is 5.78 Å². The van der Waals surface area contributed by atoms with Crippen LogP contribution in [0.5, 0.6) is 0 Å².